The molecule has 1 aromatic carbocycles. The summed E-state index contributed by atoms with van der Waals surface area (Å²) in [5.74, 6) is 3.10. The van der Waals surface area contributed by atoms with E-state index in [2.05, 4.69) is 13.0 Å². The molecule has 0 spiro atoms. The molecule has 1 saturated heterocycles. The lowest BCUT2D eigenvalue weighted by molar-refractivity contribution is 0.474. The van der Waals surface area contributed by atoms with E-state index < -0.39 is 0 Å². The second-order valence-corrected chi connectivity index (χ2v) is 5.80. The normalized spacial score (nSPS) is 17.9. The van der Waals surface area contributed by atoms with Gasteiger partial charge in [-0.2, -0.15) is 0 Å². The molecule has 1 heterocycles. The van der Waals surface area contributed by atoms with Crippen molar-refractivity contribution in [2.75, 3.05) is 11.5 Å². The summed E-state index contributed by atoms with van der Waals surface area (Å²) < 4.78 is 0. The Bertz CT molecular complexity index is 303. The van der Waals surface area contributed by atoms with E-state index in [9.17, 15) is 5.11 Å². The molecule has 0 amide bonds. The van der Waals surface area contributed by atoms with Crippen LogP contribution < -0.4 is 0 Å². The maximum absolute atomic E-state index is 9.28. The van der Waals surface area contributed by atoms with Crippen molar-refractivity contribution in [3.8, 4) is 5.75 Å². The zero-order valence-corrected chi connectivity index (χ0v) is 8.73. The quantitative estimate of drug-likeness (QED) is 0.683. The molecular weight excluding hydrogens is 180 g/mol. The predicted octanol–water partition coefficient (Wildman–Crippen LogP) is 2.47. The third kappa shape index (κ3) is 1.83. The highest BCUT2D eigenvalue weighted by molar-refractivity contribution is 7.97. The molecule has 2 rings (SSSR count). The SMILES string of the molecule is Cc1cc(O)ccc1[S+]1CCCC1. The largest absolute Gasteiger partial charge is 0.508 e. The van der Waals surface area contributed by atoms with Crippen LogP contribution in [-0.2, 0) is 10.9 Å². The molecule has 0 bridgehead atoms. The van der Waals surface area contributed by atoms with Crippen LogP contribution in [0.4, 0.5) is 0 Å². The van der Waals surface area contributed by atoms with Crippen LogP contribution in [0.5, 0.6) is 5.75 Å². The van der Waals surface area contributed by atoms with Gasteiger partial charge in [-0.05, 0) is 38.0 Å². The Morgan fingerprint density at radius 3 is 2.54 bits per heavy atom. The van der Waals surface area contributed by atoms with E-state index in [0.717, 1.165) is 0 Å². The van der Waals surface area contributed by atoms with Crippen molar-refractivity contribution >= 4 is 10.9 Å². The van der Waals surface area contributed by atoms with Gasteiger partial charge in [-0.15, -0.1) is 0 Å². The van der Waals surface area contributed by atoms with Crippen molar-refractivity contribution in [3.05, 3.63) is 23.8 Å². The number of aryl methyl sites for hydroxylation is 1. The van der Waals surface area contributed by atoms with E-state index >= 15 is 0 Å². The number of phenols is 1. The van der Waals surface area contributed by atoms with E-state index in [-0.39, 0.29) is 0 Å². The maximum atomic E-state index is 9.28. The van der Waals surface area contributed by atoms with Crippen molar-refractivity contribution in [2.24, 2.45) is 0 Å². The highest BCUT2D eigenvalue weighted by atomic mass is 32.2. The van der Waals surface area contributed by atoms with E-state index in [1.165, 1.54) is 34.8 Å². The average Bonchev–Trinajstić information content (AvgIpc) is 2.56. The van der Waals surface area contributed by atoms with Crippen LogP contribution in [0.2, 0.25) is 0 Å². The zero-order valence-electron chi connectivity index (χ0n) is 7.92. The molecular formula is C11H15OS+. The third-order valence-corrected chi connectivity index (χ3v) is 5.14. The zero-order chi connectivity index (χ0) is 9.26. The number of phenolic OH excluding ortho intramolecular Hbond substituents is 1. The van der Waals surface area contributed by atoms with Crippen LogP contribution in [0, 0.1) is 6.92 Å². The molecule has 70 valence electrons. The first kappa shape index (κ1) is 8.95. The topological polar surface area (TPSA) is 20.2 Å². The Labute approximate surface area is 82.1 Å². The van der Waals surface area contributed by atoms with Gasteiger partial charge < -0.3 is 5.11 Å². The van der Waals surface area contributed by atoms with Gasteiger partial charge in [0.05, 0.1) is 0 Å². The van der Waals surface area contributed by atoms with Gasteiger partial charge in [0.1, 0.15) is 17.3 Å². The first-order chi connectivity index (χ1) is 6.27. The van der Waals surface area contributed by atoms with Crippen LogP contribution >= 0.6 is 0 Å². The van der Waals surface area contributed by atoms with Crippen LogP contribution in [0.3, 0.4) is 0 Å². The number of rotatable bonds is 1. The fourth-order valence-electron chi connectivity index (χ4n) is 1.83. The third-order valence-electron chi connectivity index (χ3n) is 2.50. The van der Waals surface area contributed by atoms with Crippen LogP contribution in [0.25, 0.3) is 0 Å². The lowest BCUT2D eigenvalue weighted by Gasteiger charge is -2.03. The summed E-state index contributed by atoms with van der Waals surface area (Å²) in [7, 11) is 0.478. The molecule has 0 aliphatic carbocycles. The van der Waals surface area contributed by atoms with Crippen LogP contribution in [-0.4, -0.2) is 16.6 Å². The van der Waals surface area contributed by atoms with Crippen molar-refractivity contribution in [1.82, 2.24) is 0 Å². The van der Waals surface area contributed by atoms with Crippen molar-refractivity contribution in [2.45, 2.75) is 24.7 Å². The second-order valence-electron chi connectivity index (χ2n) is 3.56. The summed E-state index contributed by atoms with van der Waals surface area (Å²) in [6.45, 7) is 2.10. The summed E-state index contributed by atoms with van der Waals surface area (Å²) in [5.41, 5.74) is 1.25. The molecule has 0 unspecified atom stereocenters. The number of benzene rings is 1. The van der Waals surface area contributed by atoms with E-state index in [1.807, 2.05) is 12.1 Å². The van der Waals surface area contributed by atoms with Crippen molar-refractivity contribution < 1.29 is 5.11 Å². The molecule has 1 N–H and O–H groups in total. The van der Waals surface area contributed by atoms with E-state index in [1.54, 1.807) is 0 Å². The molecule has 1 fully saturated rings. The smallest absolute Gasteiger partial charge is 0.158 e. The first-order valence-electron chi connectivity index (χ1n) is 4.74. The lowest BCUT2D eigenvalue weighted by Crippen LogP contribution is -2.05. The van der Waals surface area contributed by atoms with Gasteiger partial charge in [-0.3, -0.25) is 0 Å². The fourth-order valence-corrected chi connectivity index (χ4v) is 4.36. The average molecular weight is 195 g/mol. The van der Waals surface area contributed by atoms with Gasteiger partial charge in [-0.25, -0.2) is 0 Å². The minimum Gasteiger partial charge on any atom is -0.508 e. The standard InChI is InChI=1S/C11H14OS/c1-9-8-10(12)4-5-11(9)13-6-2-3-7-13/h4-5,8H,2-3,6-7H2,1H3/p+1. The van der Waals surface area contributed by atoms with Crippen LogP contribution in [0.1, 0.15) is 18.4 Å². The van der Waals surface area contributed by atoms with Gasteiger partial charge in [0.15, 0.2) is 4.90 Å². The van der Waals surface area contributed by atoms with E-state index in [0.29, 0.717) is 16.6 Å². The van der Waals surface area contributed by atoms with Gasteiger partial charge in [-0.1, -0.05) is 0 Å². The molecule has 2 heteroatoms. The molecule has 1 aliphatic rings. The highest BCUT2D eigenvalue weighted by Gasteiger charge is 2.28. The maximum Gasteiger partial charge on any atom is 0.158 e. The molecule has 0 saturated carbocycles. The number of hydrogen-bond acceptors (Lipinski definition) is 1. The summed E-state index contributed by atoms with van der Waals surface area (Å²) in [6.07, 6.45) is 2.76. The first-order valence-corrected chi connectivity index (χ1v) is 6.31. The fraction of sp³-hybridized carbons (Fsp3) is 0.455. The lowest BCUT2D eigenvalue weighted by atomic mass is 10.2. The highest BCUT2D eigenvalue weighted by Crippen LogP contribution is 2.27. The Morgan fingerprint density at radius 2 is 1.92 bits per heavy atom. The van der Waals surface area contributed by atoms with Crippen LogP contribution in [0.15, 0.2) is 23.1 Å². The van der Waals surface area contributed by atoms with E-state index in [4.69, 9.17) is 0 Å². The molecule has 1 aliphatic heterocycles. The molecule has 13 heavy (non-hydrogen) atoms. The molecule has 0 atom stereocenters. The molecule has 1 aromatic rings. The molecule has 1 nitrogen and oxygen atoms in total. The monoisotopic (exact) mass is 195 g/mol. The minimum atomic E-state index is 0.393. The Morgan fingerprint density at radius 1 is 1.23 bits per heavy atom. The van der Waals surface area contributed by atoms with Gasteiger partial charge in [0.25, 0.3) is 0 Å². The van der Waals surface area contributed by atoms with Crippen molar-refractivity contribution in [1.29, 1.82) is 0 Å². The minimum absolute atomic E-state index is 0.393. The Balaban J connectivity index is 2.29. The van der Waals surface area contributed by atoms with Gasteiger partial charge in [0, 0.05) is 16.5 Å². The summed E-state index contributed by atoms with van der Waals surface area (Å²) >= 11 is 0. The van der Waals surface area contributed by atoms with Gasteiger partial charge >= 0.3 is 0 Å². The van der Waals surface area contributed by atoms with Gasteiger partial charge in [0.2, 0.25) is 0 Å². The number of aromatic hydroxyl groups is 1. The summed E-state index contributed by atoms with van der Waals surface area (Å²) in [4.78, 5) is 1.47. The summed E-state index contributed by atoms with van der Waals surface area (Å²) in [5, 5.41) is 9.28. The number of hydrogen-bond donors (Lipinski definition) is 1. The van der Waals surface area contributed by atoms with Crippen molar-refractivity contribution in [3.63, 3.8) is 0 Å². The predicted molar refractivity (Wildman–Crippen MR) is 57.4 cm³/mol. The second kappa shape index (κ2) is 3.62. The Hall–Kier alpha value is -0.630. The summed E-state index contributed by atoms with van der Waals surface area (Å²) in [6, 6.07) is 5.79. The Kier molecular flexibility index (Phi) is 2.49. The molecule has 0 aromatic heterocycles. The molecule has 0 radical (unpaired) electrons.